The van der Waals surface area contributed by atoms with Crippen molar-refractivity contribution in [3.8, 4) is 0 Å². The molecular weight excluding hydrogens is 248 g/mol. The second-order valence-electron chi connectivity index (χ2n) is 4.68. The van der Waals surface area contributed by atoms with Crippen molar-refractivity contribution in [2.75, 3.05) is 27.2 Å². The van der Waals surface area contributed by atoms with Crippen LogP contribution < -0.4 is 5.32 Å². The molecule has 4 heteroatoms. The molecule has 0 saturated heterocycles. The molecule has 0 heterocycles. The summed E-state index contributed by atoms with van der Waals surface area (Å²) in [5.74, 6) is -0.0418. The van der Waals surface area contributed by atoms with Gasteiger partial charge in [-0.1, -0.05) is 17.7 Å². The molecule has 1 aromatic rings. The van der Waals surface area contributed by atoms with Crippen molar-refractivity contribution in [3.63, 3.8) is 0 Å². The van der Waals surface area contributed by atoms with Crippen LogP contribution in [0.3, 0.4) is 0 Å². The number of hydrogen-bond acceptors (Lipinski definition) is 2. The van der Waals surface area contributed by atoms with E-state index in [-0.39, 0.29) is 5.91 Å². The third-order valence-corrected chi connectivity index (χ3v) is 3.24. The van der Waals surface area contributed by atoms with Crippen LogP contribution in [0.25, 0.3) is 0 Å². The first kappa shape index (κ1) is 15.0. The van der Waals surface area contributed by atoms with Crippen LogP contribution >= 0.6 is 11.6 Å². The predicted octanol–water partition coefficient (Wildman–Crippen LogP) is 2.72. The number of amides is 1. The third-order valence-electron chi connectivity index (χ3n) is 2.83. The molecule has 0 unspecified atom stereocenters. The molecule has 0 radical (unpaired) electrons. The van der Waals surface area contributed by atoms with E-state index in [0.29, 0.717) is 17.1 Å². The van der Waals surface area contributed by atoms with Gasteiger partial charge < -0.3 is 10.2 Å². The summed E-state index contributed by atoms with van der Waals surface area (Å²) in [6.45, 7) is 3.62. The Balaban J connectivity index is 2.39. The van der Waals surface area contributed by atoms with Crippen LogP contribution in [0.1, 0.15) is 28.8 Å². The van der Waals surface area contributed by atoms with Gasteiger partial charge >= 0.3 is 0 Å². The van der Waals surface area contributed by atoms with Crippen LogP contribution in [-0.4, -0.2) is 38.0 Å². The van der Waals surface area contributed by atoms with Gasteiger partial charge in [-0.05, 0) is 58.1 Å². The lowest BCUT2D eigenvalue weighted by atomic mass is 10.1. The molecule has 1 aromatic carbocycles. The summed E-state index contributed by atoms with van der Waals surface area (Å²) >= 11 is 5.99. The third kappa shape index (κ3) is 4.67. The molecule has 0 aliphatic rings. The van der Waals surface area contributed by atoms with Gasteiger partial charge in [0.25, 0.3) is 5.91 Å². The average molecular weight is 269 g/mol. The van der Waals surface area contributed by atoms with Crippen molar-refractivity contribution in [1.82, 2.24) is 10.2 Å². The Kier molecular flexibility index (Phi) is 6.16. The lowest BCUT2D eigenvalue weighted by molar-refractivity contribution is 0.0952. The molecule has 0 fully saturated rings. The molecule has 1 amide bonds. The average Bonchev–Trinajstić information content (AvgIpc) is 2.31. The minimum Gasteiger partial charge on any atom is -0.352 e. The topological polar surface area (TPSA) is 32.3 Å². The van der Waals surface area contributed by atoms with Crippen molar-refractivity contribution >= 4 is 17.5 Å². The van der Waals surface area contributed by atoms with Gasteiger partial charge in [0, 0.05) is 17.1 Å². The number of carbonyl (C=O) groups excluding carboxylic acids is 1. The SMILES string of the molecule is Cc1c(Cl)cccc1C(=O)NCCCCN(C)C. The zero-order valence-electron chi connectivity index (χ0n) is 11.3. The summed E-state index contributed by atoms with van der Waals surface area (Å²) in [7, 11) is 4.10. The van der Waals surface area contributed by atoms with E-state index in [0.717, 1.165) is 24.9 Å². The molecule has 18 heavy (non-hydrogen) atoms. The second kappa shape index (κ2) is 7.39. The fourth-order valence-corrected chi connectivity index (χ4v) is 1.88. The maximum absolute atomic E-state index is 11.9. The van der Waals surface area contributed by atoms with Crippen LogP contribution in [0.5, 0.6) is 0 Å². The minimum absolute atomic E-state index is 0.0418. The normalized spacial score (nSPS) is 10.7. The van der Waals surface area contributed by atoms with E-state index < -0.39 is 0 Å². The number of nitrogens with zero attached hydrogens (tertiary/aromatic N) is 1. The fourth-order valence-electron chi connectivity index (χ4n) is 1.70. The van der Waals surface area contributed by atoms with E-state index in [1.165, 1.54) is 0 Å². The Labute approximate surface area is 114 Å². The fraction of sp³-hybridized carbons (Fsp3) is 0.500. The van der Waals surface area contributed by atoms with Gasteiger partial charge in [0.15, 0.2) is 0 Å². The number of carbonyl (C=O) groups is 1. The standard InChI is InChI=1S/C14H21ClN2O/c1-11-12(7-6-8-13(11)15)14(18)16-9-4-5-10-17(2)3/h6-8H,4-5,9-10H2,1-3H3,(H,16,18). The highest BCUT2D eigenvalue weighted by molar-refractivity contribution is 6.31. The Bertz CT molecular complexity index is 405. The number of benzene rings is 1. The monoisotopic (exact) mass is 268 g/mol. The van der Waals surface area contributed by atoms with Crippen molar-refractivity contribution in [2.45, 2.75) is 19.8 Å². The molecule has 0 atom stereocenters. The molecule has 1 rings (SSSR count). The molecule has 0 aromatic heterocycles. The number of hydrogen-bond donors (Lipinski definition) is 1. The maximum atomic E-state index is 11.9. The zero-order valence-corrected chi connectivity index (χ0v) is 12.0. The van der Waals surface area contributed by atoms with E-state index in [4.69, 9.17) is 11.6 Å². The first-order valence-corrected chi connectivity index (χ1v) is 6.58. The molecule has 0 aliphatic carbocycles. The molecule has 1 N–H and O–H groups in total. The Morgan fingerprint density at radius 3 is 2.72 bits per heavy atom. The maximum Gasteiger partial charge on any atom is 0.251 e. The van der Waals surface area contributed by atoms with Gasteiger partial charge in [0.1, 0.15) is 0 Å². The number of halogens is 1. The number of rotatable bonds is 6. The summed E-state index contributed by atoms with van der Waals surface area (Å²) < 4.78 is 0. The lowest BCUT2D eigenvalue weighted by Crippen LogP contribution is -2.26. The Hall–Kier alpha value is -1.06. The van der Waals surface area contributed by atoms with Gasteiger partial charge in [0.05, 0.1) is 0 Å². The lowest BCUT2D eigenvalue weighted by Gasteiger charge is -2.10. The quantitative estimate of drug-likeness (QED) is 0.805. The summed E-state index contributed by atoms with van der Waals surface area (Å²) in [6, 6.07) is 5.40. The van der Waals surface area contributed by atoms with Gasteiger partial charge in [-0.15, -0.1) is 0 Å². The first-order chi connectivity index (χ1) is 8.52. The summed E-state index contributed by atoms with van der Waals surface area (Å²) in [4.78, 5) is 14.1. The smallest absolute Gasteiger partial charge is 0.251 e. The van der Waals surface area contributed by atoms with Gasteiger partial charge in [0.2, 0.25) is 0 Å². The second-order valence-corrected chi connectivity index (χ2v) is 5.09. The molecular formula is C14H21ClN2O. The van der Waals surface area contributed by atoms with Crippen LogP contribution in [0.2, 0.25) is 5.02 Å². The summed E-state index contributed by atoms with van der Waals surface area (Å²) in [5, 5.41) is 3.56. The van der Waals surface area contributed by atoms with Crippen molar-refractivity contribution in [1.29, 1.82) is 0 Å². The molecule has 3 nitrogen and oxygen atoms in total. The number of unbranched alkanes of at least 4 members (excludes halogenated alkanes) is 1. The predicted molar refractivity (Wildman–Crippen MR) is 76.3 cm³/mol. The summed E-state index contributed by atoms with van der Waals surface area (Å²) in [5.41, 5.74) is 1.50. The Morgan fingerprint density at radius 1 is 1.33 bits per heavy atom. The van der Waals surface area contributed by atoms with E-state index in [2.05, 4.69) is 10.2 Å². The van der Waals surface area contributed by atoms with Gasteiger partial charge in [-0.3, -0.25) is 4.79 Å². The van der Waals surface area contributed by atoms with E-state index >= 15 is 0 Å². The highest BCUT2D eigenvalue weighted by Gasteiger charge is 2.09. The van der Waals surface area contributed by atoms with Gasteiger partial charge in [-0.25, -0.2) is 0 Å². The van der Waals surface area contributed by atoms with Crippen molar-refractivity contribution in [2.24, 2.45) is 0 Å². The van der Waals surface area contributed by atoms with Crippen LogP contribution in [0.15, 0.2) is 18.2 Å². The molecule has 0 aliphatic heterocycles. The molecule has 100 valence electrons. The highest BCUT2D eigenvalue weighted by atomic mass is 35.5. The minimum atomic E-state index is -0.0418. The van der Waals surface area contributed by atoms with Crippen molar-refractivity contribution in [3.05, 3.63) is 34.3 Å². The van der Waals surface area contributed by atoms with Crippen LogP contribution in [0, 0.1) is 6.92 Å². The van der Waals surface area contributed by atoms with E-state index in [9.17, 15) is 4.79 Å². The van der Waals surface area contributed by atoms with E-state index in [1.807, 2.05) is 21.0 Å². The summed E-state index contributed by atoms with van der Waals surface area (Å²) in [6.07, 6.45) is 2.07. The van der Waals surface area contributed by atoms with Crippen LogP contribution in [-0.2, 0) is 0 Å². The molecule has 0 spiro atoms. The highest BCUT2D eigenvalue weighted by Crippen LogP contribution is 2.18. The number of nitrogens with one attached hydrogen (secondary N) is 1. The zero-order chi connectivity index (χ0) is 13.5. The Morgan fingerprint density at radius 2 is 2.06 bits per heavy atom. The molecule has 0 bridgehead atoms. The first-order valence-electron chi connectivity index (χ1n) is 6.20. The van der Waals surface area contributed by atoms with E-state index in [1.54, 1.807) is 18.2 Å². The van der Waals surface area contributed by atoms with Crippen molar-refractivity contribution < 1.29 is 4.79 Å². The molecule has 0 saturated carbocycles. The van der Waals surface area contributed by atoms with Gasteiger partial charge in [-0.2, -0.15) is 0 Å². The van der Waals surface area contributed by atoms with Crippen LogP contribution in [0.4, 0.5) is 0 Å². The largest absolute Gasteiger partial charge is 0.352 e.